The fraction of sp³-hybridized carbons (Fsp3) is 0.875. The zero-order chi connectivity index (χ0) is 7.59. The van der Waals surface area contributed by atoms with E-state index in [-0.39, 0.29) is 18.0 Å². The number of fused-ring (bicyclic) bond motifs is 1. The molecule has 2 nitrogen and oxygen atoms in total. The van der Waals surface area contributed by atoms with Crippen LogP contribution in [-0.2, 0) is 9.53 Å². The van der Waals surface area contributed by atoms with Gasteiger partial charge in [0.25, 0.3) is 0 Å². The molecule has 11 heavy (non-hydrogen) atoms. The van der Waals surface area contributed by atoms with E-state index in [0.717, 1.165) is 12.3 Å². The number of carbonyl (C=O) groups is 1. The van der Waals surface area contributed by atoms with Gasteiger partial charge in [-0.05, 0) is 18.8 Å². The maximum absolute atomic E-state index is 11.2. The first-order valence-corrected chi connectivity index (χ1v) is 5.36. The Bertz CT molecular complexity index is 228. The van der Waals surface area contributed by atoms with Crippen LogP contribution in [0.25, 0.3) is 0 Å². The number of halogens is 1. The van der Waals surface area contributed by atoms with E-state index >= 15 is 0 Å². The molecule has 3 aliphatic rings. The molecule has 3 heteroatoms. The smallest absolute Gasteiger partial charge is 0.309 e. The van der Waals surface area contributed by atoms with E-state index in [1.807, 2.05) is 0 Å². The molecule has 0 amide bonds. The van der Waals surface area contributed by atoms with Gasteiger partial charge in [0.15, 0.2) is 0 Å². The molecule has 5 atom stereocenters. The second-order valence-corrected chi connectivity index (χ2v) is 5.29. The van der Waals surface area contributed by atoms with Crippen LogP contribution < -0.4 is 0 Å². The largest absolute Gasteiger partial charge is 0.461 e. The van der Waals surface area contributed by atoms with Crippen molar-refractivity contribution in [2.45, 2.75) is 22.9 Å². The molecule has 0 aromatic carbocycles. The highest BCUT2D eigenvalue weighted by atomic mass is 127. The number of ether oxygens (including phenoxy) is 1. The van der Waals surface area contributed by atoms with Crippen molar-refractivity contribution in [3.63, 3.8) is 0 Å². The van der Waals surface area contributed by atoms with Crippen molar-refractivity contribution in [2.24, 2.45) is 17.8 Å². The number of carbonyl (C=O) groups excluding carboxylic acids is 1. The van der Waals surface area contributed by atoms with E-state index in [0.29, 0.717) is 9.84 Å². The molecule has 0 radical (unpaired) electrons. The monoisotopic (exact) mass is 264 g/mol. The first-order valence-electron chi connectivity index (χ1n) is 4.12. The Morgan fingerprint density at radius 2 is 2.27 bits per heavy atom. The molecule has 3 rings (SSSR count). The summed E-state index contributed by atoms with van der Waals surface area (Å²) in [6.45, 7) is 0. The van der Waals surface area contributed by atoms with Gasteiger partial charge in [0.05, 0.1) is 9.84 Å². The average molecular weight is 264 g/mol. The Labute approximate surface area is 78.8 Å². The van der Waals surface area contributed by atoms with Crippen LogP contribution in [0.3, 0.4) is 0 Å². The second kappa shape index (κ2) is 1.92. The summed E-state index contributed by atoms with van der Waals surface area (Å²) in [6, 6.07) is 0. The summed E-state index contributed by atoms with van der Waals surface area (Å²) in [6.07, 6.45) is 2.63. The Balaban J connectivity index is 2.04. The molecule has 2 bridgehead atoms. The van der Waals surface area contributed by atoms with Crippen molar-refractivity contribution in [1.82, 2.24) is 0 Å². The lowest BCUT2D eigenvalue weighted by molar-refractivity contribution is -0.143. The molecule has 1 heterocycles. The molecule has 0 aromatic rings. The minimum absolute atomic E-state index is 0.0849. The third kappa shape index (κ3) is 0.661. The zero-order valence-corrected chi connectivity index (χ0v) is 8.15. The number of rotatable bonds is 0. The predicted molar refractivity (Wildman–Crippen MR) is 47.4 cm³/mol. The van der Waals surface area contributed by atoms with Gasteiger partial charge in [-0.2, -0.15) is 0 Å². The SMILES string of the molecule is O=C1O[C@@H]2[C@H](I)[C@@H]3C[C@@H]2[C@H]1C3. The molecule has 0 spiro atoms. The maximum atomic E-state index is 11.2. The molecule has 1 aliphatic heterocycles. The summed E-state index contributed by atoms with van der Waals surface area (Å²) in [7, 11) is 0. The molecule has 2 saturated carbocycles. The van der Waals surface area contributed by atoms with Gasteiger partial charge in [0.2, 0.25) is 0 Å². The number of esters is 1. The van der Waals surface area contributed by atoms with Gasteiger partial charge in [0.1, 0.15) is 6.10 Å². The fourth-order valence-corrected chi connectivity index (χ4v) is 4.15. The highest BCUT2D eigenvalue weighted by Gasteiger charge is 2.60. The highest BCUT2D eigenvalue weighted by Crippen LogP contribution is 2.56. The maximum Gasteiger partial charge on any atom is 0.309 e. The lowest BCUT2D eigenvalue weighted by atomic mass is 9.90. The molecule has 0 N–H and O–H groups in total. The Hall–Kier alpha value is 0.200. The summed E-state index contributed by atoms with van der Waals surface area (Å²) in [4.78, 5) is 11.2. The van der Waals surface area contributed by atoms with E-state index < -0.39 is 0 Å². The van der Waals surface area contributed by atoms with Crippen molar-refractivity contribution in [1.29, 1.82) is 0 Å². The lowest BCUT2D eigenvalue weighted by Crippen LogP contribution is -2.26. The number of hydrogen-bond donors (Lipinski definition) is 0. The van der Waals surface area contributed by atoms with Crippen molar-refractivity contribution < 1.29 is 9.53 Å². The summed E-state index contributed by atoms with van der Waals surface area (Å²) in [5.41, 5.74) is 0. The normalized spacial score (nSPS) is 58.6. The van der Waals surface area contributed by atoms with E-state index in [1.54, 1.807) is 0 Å². The molecule has 1 saturated heterocycles. The van der Waals surface area contributed by atoms with Crippen molar-refractivity contribution in [2.75, 3.05) is 0 Å². The van der Waals surface area contributed by atoms with E-state index in [9.17, 15) is 4.79 Å². The minimum atomic E-state index is 0.0849. The quantitative estimate of drug-likeness (QED) is 0.375. The van der Waals surface area contributed by atoms with Crippen LogP contribution >= 0.6 is 22.6 Å². The van der Waals surface area contributed by atoms with Gasteiger partial charge >= 0.3 is 5.97 Å². The first kappa shape index (κ1) is 6.69. The molecule has 0 aromatic heterocycles. The van der Waals surface area contributed by atoms with Crippen LogP contribution in [0.2, 0.25) is 0 Å². The van der Waals surface area contributed by atoms with Crippen LogP contribution in [0.15, 0.2) is 0 Å². The molecule has 2 aliphatic carbocycles. The van der Waals surface area contributed by atoms with Gasteiger partial charge in [-0.1, -0.05) is 22.6 Å². The van der Waals surface area contributed by atoms with Crippen LogP contribution in [0.1, 0.15) is 12.8 Å². The number of alkyl halides is 1. The van der Waals surface area contributed by atoms with Gasteiger partial charge in [-0.3, -0.25) is 4.79 Å². The third-order valence-electron chi connectivity index (χ3n) is 3.39. The molecule has 60 valence electrons. The van der Waals surface area contributed by atoms with Gasteiger partial charge in [-0.25, -0.2) is 0 Å². The van der Waals surface area contributed by atoms with E-state index in [4.69, 9.17) is 4.74 Å². The molecular weight excluding hydrogens is 255 g/mol. The summed E-state index contributed by atoms with van der Waals surface area (Å²) in [5, 5.41) is 0. The summed E-state index contributed by atoms with van der Waals surface area (Å²) >= 11 is 2.45. The third-order valence-corrected chi connectivity index (χ3v) is 5.12. The Kier molecular flexibility index (Phi) is 1.17. The lowest BCUT2D eigenvalue weighted by Gasteiger charge is -2.19. The Morgan fingerprint density at radius 3 is 2.91 bits per heavy atom. The van der Waals surface area contributed by atoms with Gasteiger partial charge in [0, 0.05) is 5.92 Å². The van der Waals surface area contributed by atoms with Crippen LogP contribution in [-0.4, -0.2) is 16.0 Å². The van der Waals surface area contributed by atoms with Crippen molar-refractivity contribution in [3.05, 3.63) is 0 Å². The minimum Gasteiger partial charge on any atom is -0.461 e. The van der Waals surface area contributed by atoms with E-state index in [1.165, 1.54) is 6.42 Å². The van der Waals surface area contributed by atoms with Crippen LogP contribution in [0.4, 0.5) is 0 Å². The van der Waals surface area contributed by atoms with Gasteiger partial charge in [-0.15, -0.1) is 0 Å². The van der Waals surface area contributed by atoms with Gasteiger partial charge < -0.3 is 4.74 Å². The molecule has 0 unspecified atom stereocenters. The average Bonchev–Trinajstić information content (AvgIpc) is 2.53. The van der Waals surface area contributed by atoms with Crippen LogP contribution in [0, 0.1) is 17.8 Å². The highest BCUT2D eigenvalue weighted by molar-refractivity contribution is 14.1. The van der Waals surface area contributed by atoms with E-state index in [2.05, 4.69) is 22.6 Å². The van der Waals surface area contributed by atoms with Crippen molar-refractivity contribution >= 4 is 28.6 Å². The molecule has 3 fully saturated rings. The standard InChI is InChI=1S/C8H9IO2/c9-6-3-1-4-5(2-3)8(10)11-7(4)6/h3-7H,1-2H2/t3-,4-,5-,6-,7+/m1/s1. The van der Waals surface area contributed by atoms with Crippen molar-refractivity contribution in [3.8, 4) is 0 Å². The topological polar surface area (TPSA) is 26.3 Å². The predicted octanol–water partition coefficient (Wildman–Crippen LogP) is 1.37. The molecular formula is C8H9IO2. The summed E-state index contributed by atoms with van der Waals surface area (Å²) < 4.78 is 5.92. The fourth-order valence-electron chi connectivity index (χ4n) is 2.88. The number of hydrogen-bond acceptors (Lipinski definition) is 2. The summed E-state index contributed by atoms with van der Waals surface area (Å²) in [5.74, 6) is 1.74. The Morgan fingerprint density at radius 1 is 1.45 bits per heavy atom. The second-order valence-electron chi connectivity index (χ2n) is 3.85. The van der Waals surface area contributed by atoms with Crippen LogP contribution in [0.5, 0.6) is 0 Å². The first-order chi connectivity index (χ1) is 5.27. The zero-order valence-electron chi connectivity index (χ0n) is 6.00.